The van der Waals surface area contributed by atoms with Crippen LogP contribution in [-0.4, -0.2) is 70.2 Å². The van der Waals surface area contributed by atoms with Gasteiger partial charge in [0.15, 0.2) is 19.7 Å². The molecule has 1 aromatic carbocycles. The number of likely N-dealkylation sites (tertiary alicyclic amines) is 1. The van der Waals surface area contributed by atoms with Gasteiger partial charge < -0.3 is 4.74 Å². The minimum absolute atomic E-state index is 0.159. The van der Waals surface area contributed by atoms with E-state index in [9.17, 15) is 21.6 Å². The molecular weight excluding hydrogens is 402 g/mol. The molecule has 0 amide bonds. The number of nitrogens with zero attached hydrogens (tertiary/aromatic N) is 1. The van der Waals surface area contributed by atoms with E-state index >= 15 is 0 Å². The van der Waals surface area contributed by atoms with E-state index in [0.717, 1.165) is 5.56 Å². The summed E-state index contributed by atoms with van der Waals surface area (Å²) in [7, 11) is -7.22. The Bertz CT molecular complexity index is 916. The van der Waals surface area contributed by atoms with Gasteiger partial charge in [-0.15, -0.1) is 0 Å². The third-order valence-electron chi connectivity index (χ3n) is 5.64. The molecule has 0 spiro atoms. The molecular formula is C19H27NO6S2. The van der Waals surface area contributed by atoms with Crippen molar-refractivity contribution < 1.29 is 26.4 Å². The standard InChI is InChI=1S/C19H27NO6S2/c1-3-26-19(21)15-8-10-20(11-9-15)17-12-27(22,23)13-18(17)28(24,25)16-6-4-14(2)5-7-16/h4-7,15,17-18H,3,8-13H2,1-2H3/t17-,18-/m0/s1. The number of benzene rings is 1. The zero-order chi connectivity index (χ0) is 20.5. The van der Waals surface area contributed by atoms with E-state index in [4.69, 9.17) is 4.74 Å². The summed E-state index contributed by atoms with van der Waals surface area (Å²) in [5.74, 6) is -0.954. The number of hydrogen-bond donors (Lipinski definition) is 0. The average Bonchev–Trinajstić information content (AvgIpc) is 2.99. The van der Waals surface area contributed by atoms with Crippen molar-refractivity contribution in [3.63, 3.8) is 0 Å². The second-order valence-corrected chi connectivity index (χ2v) is 11.9. The molecule has 7 nitrogen and oxygen atoms in total. The number of hydrogen-bond acceptors (Lipinski definition) is 7. The lowest BCUT2D eigenvalue weighted by Gasteiger charge is -2.36. The van der Waals surface area contributed by atoms with Crippen LogP contribution in [0.15, 0.2) is 29.2 Å². The van der Waals surface area contributed by atoms with Gasteiger partial charge in [0, 0.05) is 6.04 Å². The van der Waals surface area contributed by atoms with Crippen LogP contribution in [0.3, 0.4) is 0 Å². The molecule has 2 aliphatic rings. The van der Waals surface area contributed by atoms with Crippen molar-refractivity contribution >= 4 is 25.6 Å². The quantitative estimate of drug-likeness (QED) is 0.649. The van der Waals surface area contributed by atoms with E-state index in [1.807, 2.05) is 11.8 Å². The highest BCUT2D eigenvalue weighted by Gasteiger charge is 2.48. The first-order chi connectivity index (χ1) is 13.1. The molecule has 0 unspecified atom stereocenters. The Hall–Kier alpha value is -1.45. The molecule has 3 rings (SSSR count). The fraction of sp³-hybridized carbons (Fsp3) is 0.632. The zero-order valence-electron chi connectivity index (χ0n) is 16.2. The van der Waals surface area contributed by atoms with Gasteiger partial charge in [-0.1, -0.05) is 17.7 Å². The minimum Gasteiger partial charge on any atom is -0.466 e. The van der Waals surface area contributed by atoms with Crippen molar-refractivity contribution in [2.45, 2.75) is 42.9 Å². The van der Waals surface area contributed by atoms with Crippen LogP contribution < -0.4 is 0 Å². The van der Waals surface area contributed by atoms with E-state index < -0.39 is 31.0 Å². The molecule has 0 aliphatic carbocycles. The van der Waals surface area contributed by atoms with Gasteiger partial charge in [0.1, 0.15) is 0 Å². The van der Waals surface area contributed by atoms with E-state index in [-0.39, 0.29) is 28.3 Å². The fourth-order valence-electron chi connectivity index (χ4n) is 4.06. The van der Waals surface area contributed by atoms with Crippen LogP contribution in [0.4, 0.5) is 0 Å². The Morgan fingerprint density at radius 2 is 1.75 bits per heavy atom. The summed E-state index contributed by atoms with van der Waals surface area (Å²) in [4.78, 5) is 14.0. The van der Waals surface area contributed by atoms with E-state index in [1.54, 1.807) is 31.2 Å². The summed E-state index contributed by atoms with van der Waals surface area (Å²) in [5, 5.41) is -0.987. The number of rotatable bonds is 5. The molecule has 0 radical (unpaired) electrons. The monoisotopic (exact) mass is 429 g/mol. The van der Waals surface area contributed by atoms with Gasteiger partial charge in [-0.25, -0.2) is 16.8 Å². The predicted octanol–water partition coefficient (Wildman–Crippen LogP) is 1.21. The van der Waals surface area contributed by atoms with Crippen LogP contribution in [0.2, 0.25) is 0 Å². The van der Waals surface area contributed by atoms with Gasteiger partial charge in [0.2, 0.25) is 0 Å². The number of sulfone groups is 2. The summed E-state index contributed by atoms with van der Waals surface area (Å²) in [6, 6.07) is 5.94. The van der Waals surface area contributed by atoms with Crippen molar-refractivity contribution in [1.82, 2.24) is 4.90 Å². The Balaban J connectivity index is 1.80. The largest absolute Gasteiger partial charge is 0.466 e. The maximum atomic E-state index is 13.2. The highest BCUT2D eigenvalue weighted by Crippen LogP contribution is 2.31. The lowest BCUT2D eigenvalue weighted by atomic mass is 9.95. The molecule has 1 aromatic rings. The summed E-state index contributed by atoms with van der Waals surface area (Å²) in [6.45, 7) is 4.94. The van der Waals surface area contributed by atoms with Crippen molar-refractivity contribution in [2.24, 2.45) is 5.92 Å². The van der Waals surface area contributed by atoms with E-state index in [2.05, 4.69) is 0 Å². The van der Waals surface area contributed by atoms with Crippen LogP contribution in [0.25, 0.3) is 0 Å². The first kappa shape index (κ1) is 21.3. The van der Waals surface area contributed by atoms with Crippen LogP contribution in [0.1, 0.15) is 25.3 Å². The van der Waals surface area contributed by atoms with E-state index in [0.29, 0.717) is 32.5 Å². The van der Waals surface area contributed by atoms with Crippen molar-refractivity contribution in [2.75, 3.05) is 31.2 Å². The number of piperidine rings is 1. The number of esters is 1. The summed E-state index contributed by atoms with van der Waals surface area (Å²) < 4.78 is 56.1. The maximum Gasteiger partial charge on any atom is 0.309 e. The SMILES string of the molecule is CCOC(=O)C1CCN([C@H]2CS(=O)(=O)C[C@@H]2S(=O)(=O)c2ccc(C)cc2)CC1. The number of carbonyl (C=O) groups excluding carboxylic acids is 1. The van der Waals surface area contributed by atoms with Crippen LogP contribution in [-0.2, 0) is 29.2 Å². The predicted molar refractivity (Wildman–Crippen MR) is 106 cm³/mol. The molecule has 2 heterocycles. The maximum absolute atomic E-state index is 13.2. The van der Waals surface area contributed by atoms with Gasteiger partial charge in [0.05, 0.1) is 34.2 Å². The Morgan fingerprint density at radius 1 is 1.14 bits per heavy atom. The molecule has 28 heavy (non-hydrogen) atoms. The molecule has 9 heteroatoms. The molecule has 0 N–H and O–H groups in total. The van der Waals surface area contributed by atoms with Crippen LogP contribution >= 0.6 is 0 Å². The smallest absolute Gasteiger partial charge is 0.309 e. The molecule has 0 saturated carbocycles. The normalized spacial score (nSPS) is 26.2. The second kappa shape index (κ2) is 8.12. The third-order valence-corrected chi connectivity index (χ3v) is 9.77. The molecule has 2 atom stereocenters. The number of ether oxygens (including phenoxy) is 1. The Morgan fingerprint density at radius 3 is 2.32 bits per heavy atom. The zero-order valence-corrected chi connectivity index (χ0v) is 17.8. The fourth-order valence-corrected chi connectivity index (χ4v) is 8.89. The molecule has 2 saturated heterocycles. The Labute approximate surface area is 166 Å². The molecule has 2 fully saturated rings. The number of aryl methyl sites for hydroxylation is 1. The molecule has 0 aromatic heterocycles. The lowest BCUT2D eigenvalue weighted by molar-refractivity contribution is -0.149. The van der Waals surface area contributed by atoms with Gasteiger partial charge in [0.25, 0.3) is 0 Å². The highest BCUT2D eigenvalue weighted by molar-refractivity contribution is 7.96. The molecule has 2 aliphatic heterocycles. The molecule has 0 bridgehead atoms. The summed E-state index contributed by atoms with van der Waals surface area (Å²) in [6.07, 6.45) is 1.10. The van der Waals surface area contributed by atoms with Gasteiger partial charge >= 0.3 is 5.97 Å². The average molecular weight is 430 g/mol. The second-order valence-electron chi connectivity index (χ2n) is 7.60. The lowest BCUT2D eigenvalue weighted by Crippen LogP contribution is -2.50. The van der Waals surface area contributed by atoms with Crippen LogP contribution in [0.5, 0.6) is 0 Å². The van der Waals surface area contributed by atoms with Crippen molar-refractivity contribution in [3.05, 3.63) is 29.8 Å². The van der Waals surface area contributed by atoms with Crippen molar-refractivity contribution in [1.29, 1.82) is 0 Å². The Kier molecular flexibility index (Phi) is 6.17. The summed E-state index contributed by atoms with van der Waals surface area (Å²) in [5.41, 5.74) is 0.940. The minimum atomic E-state index is -3.78. The van der Waals surface area contributed by atoms with Gasteiger partial charge in [-0.2, -0.15) is 0 Å². The first-order valence-corrected chi connectivity index (χ1v) is 12.9. The summed E-state index contributed by atoms with van der Waals surface area (Å²) >= 11 is 0. The highest BCUT2D eigenvalue weighted by atomic mass is 32.2. The van der Waals surface area contributed by atoms with Crippen molar-refractivity contribution in [3.8, 4) is 0 Å². The molecule has 156 valence electrons. The first-order valence-electron chi connectivity index (χ1n) is 9.55. The third kappa shape index (κ3) is 4.41. The number of carbonyl (C=O) groups is 1. The van der Waals surface area contributed by atoms with Gasteiger partial charge in [-0.05, 0) is 51.9 Å². The van der Waals surface area contributed by atoms with Crippen LogP contribution in [0, 0.1) is 12.8 Å². The topological polar surface area (TPSA) is 97.8 Å². The van der Waals surface area contributed by atoms with Gasteiger partial charge in [-0.3, -0.25) is 9.69 Å². The van der Waals surface area contributed by atoms with E-state index in [1.165, 1.54) is 0 Å².